The highest BCUT2D eigenvalue weighted by Crippen LogP contribution is 2.05. The van der Waals surface area contributed by atoms with Gasteiger partial charge in [-0.2, -0.15) is 0 Å². The molecule has 0 bridgehead atoms. The molecule has 1 aliphatic heterocycles. The Morgan fingerprint density at radius 1 is 1.69 bits per heavy atom. The Kier molecular flexibility index (Phi) is 4.18. The monoisotopic (exact) mass is 186 g/mol. The Hall–Kier alpha value is -0.610. The van der Waals surface area contributed by atoms with Gasteiger partial charge in [-0.25, -0.2) is 0 Å². The number of carbonyl (C=O) groups excluding carboxylic acids is 1. The molecule has 13 heavy (non-hydrogen) atoms. The van der Waals surface area contributed by atoms with Gasteiger partial charge in [0.15, 0.2) is 0 Å². The van der Waals surface area contributed by atoms with Crippen LogP contribution in [0.2, 0.25) is 0 Å². The fourth-order valence-corrected chi connectivity index (χ4v) is 1.47. The van der Waals surface area contributed by atoms with Crippen LogP contribution in [-0.2, 0) is 4.79 Å². The van der Waals surface area contributed by atoms with Gasteiger partial charge in [0, 0.05) is 25.6 Å². The van der Waals surface area contributed by atoms with Crippen LogP contribution in [0.3, 0.4) is 0 Å². The predicted octanol–water partition coefficient (Wildman–Crippen LogP) is -0.374. The zero-order valence-corrected chi connectivity index (χ0v) is 8.05. The third-order valence-corrected chi connectivity index (χ3v) is 2.24. The summed E-state index contributed by atoms with van der Waals surface area (Å²) in [7, 11) is 0. The van der Waals surface area contributed by atoms with E-state index in [1.807, 2.05) is 0 Å². The standard InChI is InChI=1S/C9H18N2O2/c1-7(12)6-11-8-2-3-9(13)10-5-4-8/h7-8,11-12H,2-6H2,1H3,(H,10,13). The first-order valence-electron chi connectivity index (χ1n) is 4.86. The maximum atomic E-state index is 11.0. The third-order valence-electron chi connectivity index (χ3n) is 2.24. The molecule has 0 saturated carbocycles. The fourth-order valence-electron chi connectivity index (χ4n) is 1.47. The molecule has 1 fully saturated rings. The summed E-state index contributed by atoms with van der Waals surface area (Å²) in [6.45, 7) is 3.11. The first kappa shape index (κ1) is 10.5. The third kappa shape index (κ3) is 4.24. The molecule has 0 radical (unpaired) electrons. The molecule has 4 nitrogen and oxygen atoms in total. The number of aliphatic hydroxyl groups excluding tert-OH is 1. The van der Waals surface area contributed by atoms with Crippen molar-refractivity contribution in [1.82, 2.24) is 10.6 Å². The Balaban J connectivity index is 2.22. The van der Waals surface area contributed by atoms with Crippen molar-refractivity contribution in [3.8, 4) is 0 Å². The normalized spacial score (nSPS) is 26.3. The Bertz CT molecular complexity index is 171. The van der Waals surface area contributed by atoms with Gasteiger partial charge in [0.25, 0.3) is 0 Å². The lowest BCUT2D eigenvalue weighted by atomic mass is 10.1. The second-order valence-corrected chi connectivity index (χ2v) is 3.63. The van der Waals surface area contributed by atoms with E-state index in [1.165, 1.54) is 0 Å². The lowest BCUT2D eigenvalue weighted by Gasteiger charge is -2.16. The van der Waals surface area contributed by atoms with Gasteiger partial charge in [-0.15, -0.1) is 0 Å². The van der Waals surface area contributed by atoms with Gasteiger partial charge in [-0.3, -0.25) is 4.79 Å². The van der Waals surface area contributed by atoms with Crippen molar-refractivity contribution < 1.29 is 9.90 Å². The molecular formula is C9H18N2O2. The van der Waals surface area contributed by atoms with Crippen LogP contribution in [0.25, 0.3) is 0 Å². The van der Waals surface area contributed by atoms with E-state index in [2.05, 4.69) is 10.6 Å². The molecule has 1 heterocycles. The van der Waals surface area contributed by atoms with E-state index in [4.69, 9.17) is 5.11 Å². The molecule has 1 aliphatic rings. The molecule has 0 aromatic heterocycles. The van der Waals surface area contributed by atoms with Gasteiger partial charge in [-0.1, -0.05) is 0 Å². The summed E-state index contributed by atoms with van der Waals surface area (Å²) in [5.41, 5.74) is 0. The smallest absolute Gasteiger partial charge is 0.220 e. The minimum Gasteiger partial charge on any atom is -0.392 e. The molecule has 2 atom stereocenters. The minimum absolute atomic E-state index is 0.140. The lowest BCUT2D eigenvalue weighted by molar-refractivity contribution is -0.120. The quantitative estimate of drug-likeness (QED) is 0.563. The Labute approximate surface area is 78.7 Å². The zero-order chi connectivity index (χ0) is 9.68. The highest BCUT2D eigenvalue weighted by Gasteiger charge is 2.15. The highest BCUT2D eigenvalue weighted by molar-refractivity contribution is 5.76. The van der Waals surface area contributed by atoms with Gasteiger partial charge in [0.05, 0.1) is 6.10 Å². The number of carbonyl (C=O) groups is 1. The molecule has 76 valence electrons. The van der Waals surface area contributed by atoms with Gasteiger partial charge in [0.1, 0.15) is 0 Å². The average Bonchev–Trinajstić information content (AvgIpc) is 2.27. The molecule has 1 rings (SSSR count). The van der Waals surface area contributed by atoms with Crippen molar-refractivity contribution in [2.45, 2.75) is 38.3 Å². The second-order valence-electron chi connectivity index (χ2n) is 3.63. The molecule has 0 aromatic carbocycles. The molecule has 0 aliphatic carbocycles. The maximum absolute atomic E-state index is 11.0. The van der Waals surface area contributed by atoms with Crippen LogP contribution in [-0.4, -0.2) is 36.2 Å². The summed E-state index contributed by atoms with van der Waals surface area (Å²) < 4.78 is 0. The summed E-state index contributed by atoms with van der Waals surface area (Å²) in [5.74, 6) is 0.140. The van der Waals surface area contributed by atoms with E-state index in [9.17, 15) is 4.79 Å². The number of rotatable bonds is 3. The van der Waals surface area contributed by atoms with Gasteiger partial charge in [-0.05, 0) is 19.8 Å². The molecule has 4 heteroatoms. The van der Waals surface area contributed by atoms with Crippen molar-refractivity contribution in [3.63, 3.8) is 0 Å². The topological polar surface area (TPSA) is 61.4 Å². The van der Waals surface area contributed by atoms with E-state index < -0.39 is 0 Å². The van der Waals surface area contributed by atoms with E-state index in [1.54, 1.807) is 6.92 Å². The second kappa shape index (κ2) is 5.19. The number of nitrogens with one attached hydrogen (secondary N) is 2. The molecule has 1 amide bonds. The van der Waals surface area contributed by atoms with Crippen molar-refractivity contribution in [1.29, 1.82) is 0 Å². The first-order chi connectivity index (χ1) is 6.18. The summed E-state index contributed by atoms with van der Waals surface area (Å²) in [5, 5.41) is 15.1. The highest BCUT2D eigenvalue weighted by atomic mass is 16.3. The van der Waals surface area contributed by atoms with E-state index in [-0.39, 0.29) is 12.0 Å². The van der Waals surface area contributed by atoms with Crippen LogP contribution < -0.4 is 10.6 Å². The summed E-state index contributed by atoms with van der Waals surface area (Å²) in [6, 6.07) is 0.369. The van der Waals surface area contributed by atoms with Crippen LogP contribution in [0.5, 0.6) is 0 Å². The molecule has 2 unspecified atom stereocenters. The summed E-state index contributed by atoms with van der Waals surface area (Å²) in [4.78, 5) is 11.0. The Morgan fingerprint density at radius 2 is 2.46 bits per heavy atom. The van der Waals surface area contributed by atoms with Gasteiger partial charge >= 0.3 is 0 Å². The van der Waals surface area contributed by atoms with Crippen LogP contribution in [0.4, 0.5) is 0 Å². The lowest BCUT2D eigenvalue weighted by Crippen LogP contribution is -2.35. The van der Waals surface area contributed by atoms with E-state index in [0.717, 1.165) is 19.4 Å². The Morgan fingerprint density at radius 3 is 3.15 bits per heavy atom. The fraction of sp³-hybridized carbons (Fsp3) is 0.889. The van der Waals surface area contributed by atoms with Crippen molar-refractivity contribution in [2.75, 3.05) is 13.1 Å². The zero-order valence-electron chi connectivity index (χ0n) is 8.05. The molecule has 0 spiro atoms. The number of aliphatic hydroxyl groups is 1. The van der Waals surface area contributed by atoms with Crippen molar-refractivity contribution in [3.05, 3.63) is 0 Å². The molecule has 1 saturated heterocycles. The van der Waals surface area contributed by atoms with Gasteiger partial charge < -0.3 is 15.7 Å². The molecule has 3 N–H and O–H groups in total. The summed E-state index contributed by atoms with van der Waals surface area (Å²) in [6.07, 6.45) is 2.11. The average molecular weight is 186 g/mol. The number of hydrogen-bond donors (Lipinski definition) is 3. The number of hydrogen-bond acceptors (Lipinski definition) is 3. The van der Waals surface area contributed by atoms with Gasteiger partial charge in [0.2, 0.25) is 5.91 Å². The van der Waals surface area contributed by atoms with Crippen LogP contribution in [0, 0.1) is 0 Å². The van der Waals surface area contributed by atoms with Crippen molar-refractivity contribution in [2.24, 2.45) is 0 Å². The molecule has 0 aromatic rings. The largest absolute Gasteiger partial charge is 0.392 e. The first-order valence-corrected chi connectivity index (χ1v) is 4.86. The minimum atomic E-state index is -0.313. The summed E-state index contributed by atoms with van der Waals surface area (Å²) >= 11 is 0. The van der Waals surface area contributed by atoms with Crippen LogP contribution >= 0.6 is 0 Å². The molecular weight excluding hydrogens is 168 g/mol. The maximum Gasteiger partial charge on any atom is 0.220 e. The van der Waals surface area contributed by atoms with Crippen LogP contribution in [0.1, 0.15) is 26.2 Å². The number of amides is 1. The van der Waals surface area contributed by atoms with E-state index >= 15 is 0 Å². The van der Waals surface area contributed by atoms with Crippen LogP contribution in [0.15, 0.2) is 0 Å². The SMILES string of the molecule is CC(O)CNC1CCNC(=O)CC1. The van der Waals surface area contributed by atoms with Crippen molar-refractivity contribution >= 4 is 5.91 Å². The van der Waals surface area contributed by atoms with E-state index in [0.29, 0.717) is 19.0 Å². The predicted molar refractivity (Wildman–Crippen MR) is 50.3 cm³/mol.